The van der Waals surface area contributed by atoms with Crippen molar-refractivity contribution in [2.45, 2.75) is 45.7 Å². The van der Waals surface area contributed by atoms with Crippen LogP contribution in [0, 0.1) is 5.92 Å². The summed E-state index contributed by atoms with van der Waals surface area (Å²) < 4.78 is 11.5. The van der Waals surface area contributed by atoms with Crippen molar-refractivity contribution in [2.75, 3.05) is 32.2 Å². The second-order valence-corrected chi connectivity index (χ2v) is 7.86. The molecule has 1 aromatic rings. The van der Waals surface area contributed by atoms with Crippen molar-refractivity contribution in [3.63, 3.8) is 0 Å². The number of methoxy groups -OCH3 is 1. The molecule has 0 bridgehead atoms. The van der Waals surface area contributed by atoms with E-state index in [9.17, 15) is 4.79 Å². The molecule has 1 amide bonds. The Bertz CT molecular complexity index is 713. The molecule has 2 heterocycles. The maximum Gasteiger partial charge on any atom is 0.256 e. The van der Waals surface area contributed by atoms with Gasteiger partial charge in [-0.1, -0.05) is 26.0 Å². The van der Waals surface area contributed by atoms with Crippen LogP contribution < -0.4 is 14.4 Å². The van der Waals surface area contributed by atoms with Gasteiger partial charge in [0.1, 0.15) is 0 Å². The van der Waals surface area contributed by atoms with Gasteiger partial charge in [0.25, 0.3) is 5.91 Å². The third-order valence-electron chi connectivity index (χ3n) is 5.57. The number of likely N-dealkylation sites (N-methyl/N-ethyl adjacent to an activating group) is 1. The zero-order chi connectivity index (χ0) is 19.0. The van der Waals surface area contributed by atoms with Gasteiger partial charge in [-0.25, -0.2) is 0 Å². The van der Waals surface area contributed by atoms with Gasteiger partial charge in [-0.2, -0.15) is 0 Å². The molecule has 2 atom stereocenters. The molecule has 0 radical (unpaired) electrons. The van der Waals surface area contributed by atoms with Crippen LogP contribution in [0.2, 0.25) is 0 Å². The Kier molecular flexibility index (Phi) is 5.17. The van der Waals surface area contributed by atoms with Crippen LogP contribution in [-0.2, 0) is 0 Å². The van der Waals surface area contributed by atoms with Crippen molar-refractivity contribution in [1.29, 1.82) is 0 Å². The molecular weight excluding hydrogens is 328 g/mol. The fourth-order valence-corrected chi connectivity index (χ4v) is 3.80. The highest BCUT2D eigenvalue weighted by Gasteiger charge is 2.41. The summed E-state index contributed by atoms with van der Waals surface area (Å²) in [5.41, 5.74) is 2.69. The molecule has 2 aliphatic rings. The highest BCUT2D eigenvalue weighted by atomic mass is 16.5. The monoisotopic (exact) mass is 358 g/mol. The molecule has 26 heavy (non-hydrogen) atoms. The minimum Gasteiger partial charge on any atom is -0.493 e. The molecular formula is C21H30N2O3. The van der Waals surface area contributed by atoms with E-state index in [0.29, 0.717) is 36.1 Å². The third kappa shape index (κ3) is 3.27. The number of benzene rings is 1. The number of rotatable bonds is 5. The van der Waals surface area contributed by atoms with Crippen molar-refractivity contribution in [3.05, 3.63) is 29.8 Å². The molecule has 0 saturated carbocycles. The number of hydrogen-bond acceptors (Lipinski definition) is 4. The number of amides is 1. The number of ether oxygens (including phenoxy) is 2. The van der Waals surface area contributed by atoms with Crippen LogP contribution in [-0.4, -0.2) is 50.2 Å². The third-order valence-corrected chi connectivity index (χ3v) is 5.57. The quantitative estimate of drug-likeness (QED) is 0.752. The largest absolute Gasteiger partial charge is 0.493 e. The molecule has 5 nitrogen and oxygen atoms in total. The van der Waals surface area contributed by atoms with Crippen molar-refractivity contribution in [2.24, 2.45) is 5.92 Å². The predicted molar refractivity (Wildman–Crippen MR) is 104 cm³/mol. The van der Waals surface area contributed by atoms with Crippen molar-refractivity contribution < 1.29 is 14.3 Å². The number of anilines is 1. The predicted octanol–water partition coefficient (Wildman–Crippen LogP) is 3.73. The lowest BCUT2D eigenvalue weighted by molar-refractivity contribution is 0.0733. The summed E-state index contributed by atoms with van der Waals surface area (Å²) in [6, 6.07) is 4.15. The van der Waals surface area contributed by atoms with Crippen molar-refractivity contribution in [3.8, 4) is 11.5 Å². The molecule has 0 N–H and O–H groups in total. The smallest absolute Gasteiger partial charge is 0.256 e. The van der Waals surface area contributed by atoms with E-state index in [1.165, 1.54) is 0 Å². The van der Waals surface area contributed by atoms with E-state index < -0.39 is 0 Å². The minimum absolute atomic E-state index is 0.0480. The summed E-state index contributed by atoms with van der Waals surface area (Å²) in [5, 5.41) is 0. The van der Waals surface area contributed by atoms with Crippen LogP contribution in [0.4, 0.5) is 5.69 Å². The molecule has 1 fully saturated rings. The Morgan fingerprint density at radius 1 is 1.31 bits per heavy atom. The van der Waals surface area contributed by atoms with E-state index in [1.54, 1.807) is 7.11 Å². The standard InChI is InChI=1S/C21H30N2O3/c1-13(2)7-8-26-20-11-18-16(10-19(20)25-6)21(24)23-12-14(3)9-17(23)15(4)22(18)5/h10-11,13,15,17H,3,7-9,12H2,1-2,4-6H3/t15?,17-/m0/s1. The maximum atomic E-state index is 13.2. The number of carbonyl (C=O) groups is 1. The van der Waals surface area contributed by atoms with E-state index in [-0.39, 0.29) is 18.0 Å². The highest BCUT2D eigenvalue weighted by molar-refractivity contribution is 6.02. The van der Waals surface area contributed by atoms with Gasteiger partial charge in [0.05, 0.1) is 31.0 Å². The molecule has 1 aromatic carbocycles. The zero-order valence-corrected chi connectivity index (χ0v) is 16.5. The lowest BCUT2D eigenvalue weighted by Crippen LogP contribution is -2.45. The summed E-state index contributed by atoms with van der Waals surface area (Å²) in [6.45, 7) is 11.9. The average molecular weight is 358 g/mol. The molecule has 1 unspecified atom stereocenters. The van der Waals surface area contributed by atoms with Gasteiger partial charge in [0, 0.05) is 25.7 Å². The minimum atomic E-state index is 0.0480. The van der Waals surface area contributed by atoms with Crippen LogP contribution in [0.1, 0.15) is 44.0 Å². The summed E-state index contributed by atoms with van der Waals surface area (Å²) >= 11 is 0. The Balaban J connectivity index is 1.99. The van der Waals surface area contributed by atoms with Crippen LogP contribution >= 0.6 is 0 Å². The van der Waals surface area contributed by atoms with E-state index in [4.69, 9.17) is 9.47 Å². The van der Waals surface area contributed by atoms with Crippen LogP contribution in [0.3, 0.4) is 0 Å². The van der Waals surface area contributed by atoms with Crippen LogP contribution in [0.5, 0.6) is 11.5 Å². The number of fused-ring (bicyclic) bond motifs is 2. The second-order valence-electron chi connectivity index (χ2n) is 7.86. The average Bonchev–Trinajstić information content (AvgIpc) is 2.98. The van der Waals surface area contributed by atoms with Gasteiger partial charge < -0.3 is 19.3 Å². The molecule has 2 aliphatic heterocycles. The fourth-order valence-electron chi connectivity index (χ4n) is 3.80. The van der Waals surface area contributed by atoms with E-state index in [2.05, 4.69) is 32.3 Å². The first-order valence-corrected chi connectivity index (χ1v) is 9.38. The SMILES string of the molecule is C=C1C[C@H]2C(C)N(C)c3cc(OCCC(C)C)c(OC)cc3C(=O)N2C1. The van der Waals surface area contributed by atoms with Gasteiger partial charge in [-0.3, -0.25) is 4.79 Å². The first kappa shape index (κ1) is 18.6. The Morgan fingerprint density at radius 3 is 2.69 bits per heavy atom. The summed E-state index contributed by atoms with van der Waals surface area (Å²) in [5.74, 6) is 1.93. The zero-order valence-electron chi connectivity index (χ0n) is 16.5. The summed E-state index contributed by atoms with van der Waals surface area (Å²) in [4.78, 5) is 17.3. The second kappa shape index (κ2) is 7.22. The first-order chi connectivity index (χ1) is 12.3. The fraction of sp³-hybridized carbons (Fsp3) is 0.571. The maximum absolute atomic E-state index is 13.2. The van der Waals surface area contributed by atoms with E-state index in [1.807, 2.05) is 24.1 Å². The molecule has 3 rings (SSSR count). The van der Waals surface area contributed by atoms with Gasteiger partial charge in [0.15, 0.2) is 11.5 Å². The topological polar surface area (TPSA) is 42.0 Å². The molecule has 5 heteroatoms. The Morgan fingerprint density at radius 2 is 2.04 bits per heavy atom. The molecule has 1 saturated heterocycles. The number of nitrogens with zero attached hydrogens (tertiary/aromatic N) is 2. The van der Waals surface area contributed by atoms with Gasteiger partial charge in [-0.05, 0) is 31.7 Å². The van der Waals surface area contributed by atoms with Gasteiger partial charge in [0.2, 0.25) is 0 Å². The lowest BCUT2D eigenvalue weighted by Gasteiger charge is -2.32. The normalized spacial score (nSPS) is 22.4. The summed E-state index contributed by atoms with van der Waals surface area (Å²) in [7, 11) is 3.66. The van der Waals surface area contributed by atoms with Gasteiger partial charge in [-0.15, -0.1) is 0 Å². The van der Waals surface area contributed by atoms with Crippen molar-refractivity contribution in [1.82, 2.24) is 4.90 Å². The Hall–Kier alpha value is -2.17. The lowest BCUT2D eigenvalue weighted by atomic mass is 10.0. The van der Waals surface area contributed by atoms with Gasteiger partial charge >= 0.3 is 0 Å². The van der Waals surface area contributed by atoms with Crippen LogP contribution in [0.25, 0.3) is 0 Å². The number of carbonyl (C=O) groups excluding carboxylic acids is 1. The first-order valence-electron chi connectivity index (χ1n) is 9.38. The van der Waals surface area contributed by atoms with Crippen molar-refractivity contribution >= 4 is 11.6 Å². The Labute approximate surface area is 156 Å². The highest BCUT2D eigenvalue weighted by Crippen LogP contribution is 2.41. The van der Waals surface area contributed by atoms with E-state index >= 15 is 0 Å². The molecule has 0 aliphatic carbocycles. The van der Waals surface area contributed by atoms with E-state index in [0.717, 1.165) is 24.1 Å². The molecule has 142 valence electrons. The molecule has 0 spiro atoms. The van der Waals surface area contributed by atoms with Crippen LogP contribution in [0.15, 0.2) is 24.3 Å². The summed E-state index contributed by atoms with van der Waals surface area (Å²) in [6.07, 6.45) is 1.84. The molecule has 0 aromatic heterocycles. The number of hydrogen-bond donors (Lipinski definition) is 0.